The van der Waals surface area contributed by atoms with Crippen molar-refractivity contribution in [3.63, 3.8) is 0 Å². The standard InChI is InChI=1S/C12H29N5/c1-9(2)7-14-12(16-13)15-11(10(3)4)8-17(5)6/h9-11H,7-8,13H2,1-6H3,(H2,14,15,16). The summed E-state index contributed by atoms with van der Waals surface area (Å²) in [5, 5.41) is 3.36. The highest BCUT2D eigenvalue weighted by atomic mass is 15.3. The van der Waals surface area contributed by atoms with Gasteiger partial charge in [-0.1, -0.05) is 27.7 Å². The van der Waals surface area contributed by atoms with Gasteiger partial charge in [-0.2, -0.15) is 0 Å². The van der Waals surface area contributed by atoms with Crippen LogP contribution in [0.2, 0.25) is 0 Å². The van der Waals surface area contributed by atoms with E-state index in [0.717, 1.165) is 13.1 Å². The zero-order chi connectivity index (χ0) is 13.4. The van der Waals surface area contributed by atoms with E-state index in [2.05, 4.69) is 62.4 Å². The number of aliphatic imine (C=N–C) groups is 1. The van der Waals surface area contributed by atoms with Gasteiger partial charge < -0.3 is 10.2 Å². The maximum Gasteiger partial charge on any atom is 0.206 e. The molecule has 0 aromatic heterocycles. The van der Waals surface area contributed by atoms with Crippen LogP contribution in [0.15, 0.2) is 4.99 Å². The number of hydrazine groups is 1. The van der Waals surface area contributed by atoms with Gasteiger partial charge in [0, 0.05) is 19.1 Å². The first kappa shape index (κ1) is 16.2. The van der Waals surface area contributed by atoms with E-state index in [9.17, 15) is 0 Å². The first-order valence-corrected chi connectivity index (χ1v) is 6.29. The molecule has 0 fully saturated rings. The Morgan fingerprint density at radius 2 is 1.82 bits per heavy atom. The Balaban J connectivity index is 4.43. The fraction of sp³-hybridized carbons (Fsp3) is 0.917. The van der Waals surface area contributed by atoms with Gasteiger partial charge in [-0.15, -0.1) is 0 Å². The zero-order valence-corrected chi connectivity index (χ0v) is 12.1. The lowest BCUT2D eigenvalue weighted by Gasteiger charge is -2.27. The normalized spacial score (nSPS) is 14.6. The predicted molar refractivity (Wildman–Crippen MR) is 74.8 cm³/mol. The Kier molecular flexibility index (Phi) is 7.91. The van der Waals surface area contributed by atoms with Crippen molar-refractivity contribution in [1.29, 1.82) is 0 Å². The van der Waals surface area contributed by atoms with Gasteiger partial charge in [0.25, 0.3) is 0 Å². The van der Waals surface area contributed by atoms with Crippen LogP contribution in [0.25, 0.3) is 0 Å². The Hall–Kier alpha value is -0.810. The van der Waals surface area contributed by atoms with Gasteiger partial charge in [-0.25, -0.2) is 5.84 Å². The van der Waals surface area contributed by atoms with E-state index in [1.807, 2.05) is 0 Å². The molecule has 0 saturated carbocycles. The van der Waals surface area contributed by atoms with Crippen molar-refractivity contribution < 1.29 is 0 Å². The lowest BCUT2D eigenvalue weighted by atomic mass is 10.0. The summed E-state index contributed by atoms with van der Waals surface area (Å²) in [6.45, 7) is 10.4. The van der Waals surface area contributed by atoms with Gasteiger partial charge in [-0.05, 0) is 25.9 Å². The highest BCUT2D eigenvalue weighted by Gasteiger charge is 2.15. The second-order valence-electron chi connectivity index (χ2n) is 5.48. The van der Waals surface area contributed by atoms with Crippen LogP contribution >= 0.6 is 0 Å². The van der Waals surface area contributed by atoms with Crippen molar-refractivity contribution in [2.24, 2.45) is 22.7 Å². The molecule has 1 atom stereocenters. The zero-order valence-electron chi connectivity index (χ0n) is 12.1. The first-order chi connectivity index (χ1) is 7.86. The Bertz CT molecular complexity index is 223. The molecule has 0 heterocycles. The molecule has 5 nitrogen and oxygen atoms in total. The minimum Gasteiger partial charge on any atom is -0.351 e. The third-order valence-electron chi connectivity index (χ3n) is 2.44. The average molecular weight is 243 g/mol. The van der Waals surface area contributed by atoms with Gasteiger partial charge >= 0.3 is 0 Å². The SMILES string of the molecule is CC(C)CN=C(NN)NC(CN(C)C)C(C)C. The number of nitrogens with zero attached hydrogens (tertiary/aromatic N) is 2. The first-order valence-electron chi connectivity index (χ1n) is 6.29. The summed E-state index contributed by atoms with van der Waals surface area (Å²) < 4.78 is 0. The largest absolute Gasteiger partial charge is 0.351 e. The molecule has 0 amide bonds. The molecule has 1 unspecified atom stereocenters. The molecule has 4 N–H and O–H groups in total. The molecule has 0 aliphatic rings. The fourth-order valence-electron chi connectivity index (χ4n) is 1.40. The number of nitrogens with one attached hydrogen (secondary N) is 2. The van der Waals surface area contributed by atoms with Gasteiger partial charge in [0.05, 0.1) is 0 Å². The minimum atomic E-state index is 0.340. The average Bonchev–Trinajstić information content (AvgIpc) is 2.21. The van der Waals surface area contributed by atoms with Crippen molar-refractivity contribution in [2.45, 2.75) is 33.7 Å². The highest BCUT2D eigenvalue weighted by molar-refractivity contribution is 5.79. The molecule has 0 aliphatic carbocycles. The monoisotopic (exact) mass is 243 g/mol. The van der Waals surface area contributed by atoms with Crippen LogP contribution in [-0.2, 0) is 0 Å². The Morgan fingerprint density at radius 3 is 2.18 bits per heavy atom. The van der Waals surface area contributed by atoms with Gasteiger partial charge in [0.1, 0.15) is 0 Å². The molecule has 0 aromatic rings. The molecule has 0 aromatic carbocycles. The summed E-state index contributed by atoms with van der Waals surface area (Å²) in [5.41, 5.74) is 2.64. The number of likely N-dealkylation sites (N-methyl/N-ethyl adjacent to an activating group) is 1. The fourth-order valence-corrected chi connectivity index (χ4v) is 1.40. The summed E-state index contributed by atoms with van der Waals surface area (Å²) in [6.07, 6.45) is 0. The number of guanidine groups is 1. The number of hydrogen-bond donors (Lipinski definition) is 3. The van der Waals surface area contributed by atoms with Crippen LogP contribution < -0.4 is 16.6 Å². The minimum absolute atomic E-state index is 0.340. The van der Waals surface area contributed by atoms with Gasteiger partial charge in [0.2, 0.25) is 5.96 Å². The summed E-state index contributed by atoms with van der Waals surface area (Å²) in [6, 6.07) is 0.340. The third-order valence-corrected chi connectivity index (χ3v) is 2.44. The van der Waals surface area contributed by atoms with Crippen LogP contribution in [0.5, 0.6) is 0 Å². The summed E-state index contributed by atoms with van der Waals surface area (Å²) >= 11 is 0. The van der Waals surface area contributed by atoms with Crippen molar-refractivity contribution in [1.82, 2.24) is 15.6 Å². The van der Waals surface area contributed by atoms with Crippen LogP contribution in [0.1, 0.15) is 27.7 Å². The smallest absolute Gasteiger partial charge is 0.206 e. The van der Waals surface area contributed by atoms with Crippen LogP contribution in [0, 0.1) is 11.8 Å². The molecule has 0 bridgehead atoms. The molecule has 102 valence electrons. The maximum absolute atomic E-state index is 5.48. The molecule has 0 radical (unpaired) electrons. The van der Waals surface area contributed by atoms with Crippen LogP contribution in [-0.4, -0.2) is 44.1 Å². The molecule has 0 aliphatic heterocycles. The quantitative estimate of drug-likeness (QED) is 0.277. The molecule has 0 spiro atoms. The third kappa shape index (κ3) is 7.99. The van der Waals surface area contributed by atoms with Crippen molar-refractivity contribution >= 4 is 5.96 Å². The lowest BCUT2D eigenvalue weighted by molar-refractivity contribution is 0.311. The molecule has 5 heteroatoms. The van der Waals surface area contributed by atoms with Crippen LogP contribution in [0.4, 0.5) is 0 Å². The van der Waals surface area contributed by atoms with E-state index in [4.69, 9.17) is 5.84 Å². The van der Waals surface area contributed by atoms with E-state index < -0.39 is 0 Å². The van der Waals surface area contributed by atoms with Gasteiger partial charge in [0.15, 0.2) is 0 Å². The van der Waals surface area contributed by atoms with E-state index in [0.29, 0.717) is 23.8 Å². The molecular weight excluding hydrogens is 214 g/mol. The number of rotatable bonds is 6. The molecule has 0 saturated heterocycles. The van der Waals surface area contributed by atoms with E-state index in [1.54, 1.807) is 0 Å². The lowest BCUT2D eigenvalue weighted by Crippen LogP contribution is -2.51. The highest BCUT2D eigenvalue weighted by Crippen LogP contribution is 2.02. The summed E-state index contributed by atoms with van der Waals surface area (Å²) in [7, 11) is 4.13. The molecule has 0 rings (SSSR count). The summed E-state index contributed by atoms with van der Waals surface area (Å²) in [4.78, 5) is 6.58. The topological polar surface area (TPSA) is 65.7 Å². The van der Waals surface area contributed by atoms with Crippen molar-refractivity contribution in [3.8, 4) is 0 Å². The molecular formula is C12H29N5. The second kappa shape index (κ2) is 8.31. The van der Waals surface area contributed by atoms with Crippen LogP contribution in [0.3, 0.4) is 0 Å². The summed E-state index contributed by atoms with van der Waals surface area (Å²) in [5.74, 6) is 7.22. The Morgan fingerprint density at radius 1 is 1.24 bits per heavy atom. The Labute approximate surface area is 106 Å². The van der Waals surface area contributed by atoms with E-state index >= 15 is 0 Å². The van der Waals surface area contributed by atoms with Crippen molar-refractivity contribution in [3.05, 3.63) is 0 Å². The molecule has 17 heavy (non-hydrogen) atoms. The number of nitrogens with two attached hydrogens (primary N) is 1. The number of hydrogen-bond acceptors (Lipinski definition) is 3. The van der Waals surface area contributed by atoms with E-state index in [-0.39, 0.29) is 0 Å². The van der Waals surface area contributed by atoms with E-state index in [1.165, 1.54) is 0 Å². The van der Waals surface area contributed by atoms with Gasteiger partial charge in [-0.3, -0.25) is 10.4 Å². The predicted octanol–water partition coefficient (Wildman–Crippen LogP) is 0.638. The van der Waals surface area contributed by atoms with Crippen molar-refractivity contribution in [2.75, 3.05) is 27.2 Å². The second-order valence-corrected chi connectivity index (χ2v) is 5.48. The maximum atomic E-state index is 5.48.